The Labute approximate surface area is 134 Å². The first kappa shape index (κ1) is 16.9. The van der Waals surface area contributed by atoms with E-state index in [1.54, 1.807) is 33.1 Å². The number of aromatic nitrogens is 1. The molecule has 1 aromatic heterocycles. The van der Waals surface area contributed by atoms with Gasteiger partial charge in [0.25, 0.3) is 0 Å². The summed E-state index contributed by atoms with van der Waals surface area (Å²) in [7, 11) is -1.48. The van der Waals surface area contributed by atoms with E-state index in [4.69, 9.17) is 9.88 Å². The van der Waals surface area contributed by atoms with Crippen molar-refractivity contribution in [2.75, 3.05) is 7.11 Å². The monoisotopic (exact) mass is 341 g/mol. The molecule has 0 saturated carbocycles. The number of hydrogen-bond donors (Lipinski definition) is 2. The van der Waals surface area contributed by atoms with Gasteiger partial charge < -0.3 is 9.84 Å². The molecule has 1 aromatic carbocycles. The number of methoxy groups -OCH3 is 1. The van der Waals surface area contributed by atoms with Crippen LogP contribution in [0.3, 0.4) is 0 Å². The molecule has 6 nitrogen and oxygen atoms in total. The quantitative estimate of drug-likeness (QED) is 0.871. The number of thiazole rings is 1. The van der Waals surface area contributed by atoms with Gasteiger partial charge in [0.2, 0.25) is 4.34 Å². The minimum Gasteiger partial charge on any atom is -0.497 e. The van der Waals surface area contributed by atoms with Crippen LogP contribution in [0, 0.1) is 0 Å². The summed E-state index contributed by atoms with van der Waals surface area (Å²) in [6.45, 7) is 3.49. The Hall–Kier alpha value is -1.48. The number of nitrogens with zero attached hydrogens (tertiary/aromatic N) is 2. The zero-order valence-electron chi connectivity index (χ0n) is 12.6. The third-order valence-corrected chi connectivity index (χ3v) is 6.13. The molecule has 1 unspecified atom stereocenters. The van der Waals surface area contributed by atoms with Crippen molar-refractivity contribution in [2.24, 2.45) is 9.50 Å². The molecule has 8 heteroatoms. The van der Waals surface area contributed by atoms with Gasteiger partial charge in [-0.25, -0.2) is 18.7 Å². The highest BCUT2D eigenvalue weighted by molar-refractivity contribution is 7.93. The second-order valence-corrected chi connectivity index (χ2v) is 8.32. The maximum Gasteiger partial charge on any atom is 0.204 e. The number of nitrogens with two attached hydrogens (primary N) is 1. The highest BCUT2D eigenvalue weighted by Gasteiger charge is 2.22. The molecule has 0 amide bonds. The lowest BCUT2D eigenvalue weighted by Gasteiger charge is -2.13. The average Bonchev–Trinajstić information content (AvgIpc) is 2.96. The summed E-state index contributed by atoms with van der Waals surface area (Å²) >= 11 is 1.11. The zero-order chi connectivity index (χ0) is 16.4. The topological polar surface area (TPSA) is 97.8 Å². The third-order valence-electron chi connectivity index (χ3n) is 2.94. The highest BCUT2D eigenvalue weighted by Crippen LogP contribution is 2.28. The van der Waals surface area contributed by atoms with Crippen molar-refractivity contribution in [3.8, 4) is 5.75 Å². The molecule has 0 bridgehead atoms. The van der Waals surface area contributed by atoms with Crippen molar-refractivity contribution in [3.63, 3.8) is 0 Å². The summed E-state index contributed by atoms with van der Waals surface area (Å²) < 4.78 is 21.9. The maximum absolute atomic E-state index is 12.5. The number of benzene rings is 1. The van der Waals surface area contributed by atoms with Crippen LogP contribution in [0.2, 0.25) is 0 Å². The molecular weight excluding hydrogens is 322 g/mol. The van der Waals surface area contributed by atoms with E-state index in [-0.39, 0.29) is 10.9 Å². The average molecular weight is 341 g/mol. The van der Waals surface area contributed by atoms with Crippen LogP contribution in [0.5, 0.6) is 5.75 Å². The molecule has 0 fully saturated rings. The van der Waals surface area contributed by atoms with Gasteiger partial charge >= 0.3 is 0 Å². The Morgan fingerprint density at radius 3 is 2.55 bits per heavy atom. The Bertz CT molecular complexity index is 754. The van der Waals surface area contributed by atoms with Crippen molar-refractivity contribution >= 4 is 21.3 Å². The zero-order valence-corrected chi connectivity index (χ0v) is 14.3. The molecule has 1 atom stereocenters. The molecule has 0 radical (unpaired) electrons. The van der Waals surface area contributed by atoms with Crippen LogP contribution in [-0.4, -0.2) is 21.4 Å². The fraction of sp³-hybridized carbons (Fsp3) is 0.357. The van der Waals surface area contributed by atoms with Gasteiger partial charge in [-0.2, -0.15) is 0 Å². The molecule has 22 heavy (non-hydrogen) atoms. The SMILES string of the molecule is COc1ccc(CN=S(N)(=O)c2ncc(C(C)(C)O)s2)cc1. The Morgan fingerprint density at radius 1 is 1.41 bits per heavy atom. The van der Waals surface area contributed by atoms with Gasteiger partial charge in [-0.05, 0) is 31.5 Å². The summed E-state index contributed by atoms with van der Waals surface area (Å²) in [4.78, 5) is 4.64. The number of hydrogen-bond acceptors (Lipinski definition) is 6. The molecule has 120 valence electrons. The molecular formula is C14H19N3O3S2. The molecule has 0 aliphatic heterocycles. The standard InChI is InChI=1S/C14H19N3O3S2/c1-14(2,18)12-9-16-13(21-12)22(15,19)17-8-10-4-6-11(20-3)7-5-10/h4-7,9,18H,8H2,1-3H3,(H2,15,17,19). The van der Waals surface area contributed by atoms with Gasteiger partial charge in [-0.3, -0.25) is 0 Å². The summed E-state index contributed by atoms with van der Waals surface area (Å²) in [6.07, 6.45) is 1.48. The van der Waals surface area contributed by atoms with E-state index >= 15 is 0 Å². The van der Waals surface area contributed by atoms with Crippen LogP contribution >= 0.6 is 11.3 Å². The minimum atomic E-state index is -3.07. The van der Waals surface area contributed by atoms with Gasteiger partial charge in [0, 0.05) is 6.20 Å². The first-order valence-corrected chi connectivity index (χ1v) is 8.94. The summed E-state index contributed by atoms with van der Waals surface area (Å²) in [6, 6.07) is 7.28. The van der Waals surface area contributed by atoms with Crippen molar-refractivity contribution in [3.05, 3.63) is 40.9 Å². The maximum atomic E-state index is 12.5. The summed E-state index contributed by atoms with van der Waals surface area (Å²) in [5, 5.41) is 15.7. The second-order valence-electron chi connectivity index (χ2n) is 5.25. The molecule has 0 spiro atoms. The predicted octanol–water partition coefficient (Wildman–Crippen LogP) is 2.28. The van der Waals surface area contributed by atoms with Crippen LogP contribution in [0.4, 0.5) is 0 Å². The van der Waals surface area contributed by atoms with Crippen LogP contribution < -0.4 is 9.88 Å². The van der Waals surface area contributed by atoms with Crippen molar-refractivity contribution in [1.29, 1.82) is 0 Å². The number of aliphatic hydroxyl groups is 1. The van der Waals surface area contributed by atoms with E-state index in [0.717, 1.165) is 22.6 Å². The summed E-state index contributed by atoms with van der Waals surface area (Å²) in [5.74, 6) is 0.743. The van der Waals surface area contributed by atoms with E-state index in [0.29, 0.717) is 4.88 Å². The first-order valence-electron chi connectivity index (χ1n) is 6.54. The van der Waals surface area contributed by atoms with Gasteiger partial charge in [-0.15, -0.1) is 11.3 Å². The van der Waals surface area contributed by atoms with Crippen LogP contribution in [0.25, 0.3) is 0 Å². The predicted molar refractivity (Wildman–Crippen MR) is 87.1 cm³/mol. The van der Waals surface area contributed by atoms with Crippen LogP contribution in [-0.2, 0) is 22.1 Å². The van der Waals surface area contributed by atoms with E-state index < -0.39 is 15.5 Å². The molecule has 2 rings (SSSR count). The third kappa shape index (κ3) is 4.04. The van der Waals surface area contributed by atoms with Crippen LogP contribution in [0.15, 0.2) is 39.2 Å². The smallest absolute Gasteiger partial charge is 0.204 e. The lowest BCUT2D eigenvalue weighted by molar-refractivity contribution is 0.0823. The van der Waals surface area contributed by atoms with E-state index in [1.165, 1.54) is 6.20 Å². The fourth-order valence-corrected chi connectivity index (χ4v) is 3.84. The lowest BCUT2D eigenvalue weighted by atomic mass is 10.1. The van der Waals surface area contributed by atoms with Crippen molar-refractivity contribution in [2.45, 2.75) is 30.3 Å². The molecule has 3 N–H and O–H groups in total. The molecule has 0 aliphatic rings. The largest absolute Gasteiger partial charge is 0.497 e. The van der Waals surface area contributed by atoms with Crippen molar-refractivity contribution < 1.29 is 14.1 Å². The van der Waals surface area contributed by atoms with E-state index in [2.05, 4.69) is 9.35 Å². The van der Waals surface area contributed by atoms with Gasteiger partial charge in [0.1, 0.15) is 5.75 Å². The molecule has 2 aromatic rings. The number of rotatable bonds is 5. The highest BCUT2D eigenvalue weighted by atomic mass is 32.2. The first-order chi connectivity index (χ1) is 10.2. The van der Waals surface area contributed by atoms with Crippen molar-refractivity contribution in [1.82, 2.24) is 4.98 Å². The van der Waals surface area contributed by atoms with Gasteiger partial charge in [0.15, 0.2) is 9.92 Å². The molecule has 1 heterocycles. The van der Waals surface area contributed by atoms with Gasteiger partial charge in [0.05, 0.1) is 24.1 Å². The minimum absolute atomic E-state index is 0.219. The van der Waals surface area contributed by atoms with Gasteiger partial charge in [-0.1, -0.05) is 12.1 Å². The number of ether oxygens (including phenoxy) is 1. The lowest BCUT2D eigenvalue weighted by Crippen LogP contribution is -2.13. The molecule has 0 saturated heterocycles. The second kappa shape index (κ2) is 6.33. The van der Waals surface area contributed by atoms with E-state index in [9.17, 15) is 9.32 Å². The normalized spacial score (nSPS) is 14.4. The Morgan fingerprint density at radius 2 is 2.05 bits per heavy atom. The molecule has 0 aliphatic carbocycles. The summed E-state index contributed by atoms with van der Waals surface area (Å²) in [5.41, 5.74) is -0.167. The van der Waals surface area contributed by atoms with E-state index in [1.807, 2.05) is 12.1 Å². The Kier molecular flexibility index (Phi) is 4.86. The van der Waals surface area contributed by atoms with Crippen LogP contribution in [0.1, 0.15) is 24.3 Å². The Balaban J connectivity index is 2.21. The fourth-order valence-electron chi connectivity index (χ4n) is 1.63.